The minimum atomic E-state index is 0.844. The topological polar surface area (TPSA) is 38.7 Å². The summed E-state index contributed by atoms with van der Waals surface area (Å²) in [6.45, 7) is 0. The first-order valence-electron chi connectivity index (χ1n) is 16.9. The van der Waals surface area contributed by atoms with Gasteiger partial charge in [0, 0.05) is 28.9 Å². The van der Waals surface area contributed by atoms with E-state index < -0.39 is 0 Å². The molecule has 0 saturated carbocycles. The summed E-state index contributed by atoms with van der Waals surface area (Å²) in [6.07, 6.45) is 3.78. The summed E-state index contributed by atoms with van der Waals surface area (Å²) in [6, 6.07) is 58.3. The van der Waals surface area contributed by atoms with Crippen molar-refractivity contribution in [2.75, 3.05) is 0 Å². The van der Waals surface area contributed by atoms with E-state index in [0.717, 1.165) is 50.2 Å². The van der Waals surface area contributed by atoms with Gasteiger partial charge in [0.05, 0.1) is 22.6 Å². The molecule has 232 valence electrons. The zero-order valence-electron chi connectivity index (χ0n) is 27.1. The quantitative estimate of drug-likeness (QED) is 0.181. The molecular formula is C47H29N3. The van der Waals surface area contributed by atoms with Gasteiger partial charge in [-0.15, -0.1) is 0 Å². The average molecular weight is 636 g/mol. The van der Waals surface area contributed by atoms with Crippen LogP contribution in [-0.4, -0.2) is 15.0 Å². The van der Waals surface area contributed by atoms with E-state index in [9.17, 15) is 0 Å². The van der Waals surface area contributed by atoms with Gasteiger partial charge in [0.25, 0.3) is 0 Å². The summed E-state index contributed by atoms with van der Waals surface area (Å²) in [5.74, 6) is 0. The van der Waals surface area contributed by atoms with Crippen LogP contribution in [0, 0.1) is 0 Å². The van der Waals surface area contributed by atoms with Crippen molar-refractivity contribution in [2.45, 2.75) is 0 Å². The van der Waals surface area contributed by atoms with Crippen molar-refractivity contribution in [3.05, 3.63) is 176 Å². The fourth-order valence-electron chi connectivity index (χ4n) is 7.55. The van der Waals surface area contributed by atoms with Crippen molar-refractivity contribution in [1.82, 2.24) is 15.0 Å². The van der Waals surface area contributed by atoms with E-state index in [1.807, 2.05) is 24.4 Å². The van der Waals surface area contributed by atoms with Gasteiger partial charge in [0.2, 0.25) is 0 Å². The van der Waals surface area contributed by atoms with Crippen molar-refractivity contribution < 1.29 is 0 Å². The Hall–Kier alpha value is -6.71. The Bertz CT molecular complexity index is 2910. The normalized spacial score (nSPS) is 11.6. The van der Waals surface area contributed by atoms with Crippen LogP contribution < -0.4 is 0 Å². The van der Waals surface area contributed by atoms with Gasteiger partial charge in [-0.3, -0.25) is 9.97 Å². The van der Waals surface area contributed by atoms with E-state index in [4.69, 9.17) is 9.97 Å². The van der Waals surface area contributed by atoms with E-state index in [1.54, 1.807) is 6.20 Å². The molecule has 0 amide bonds. The summed E-state index contributed by atoms with van der Waals surface area (Å²) < 4.78 is 0. The van der Waals surface area contributed by atoms with Gasteiger partial charge < -0.3 is 0 Å². The van der Waals surface area contributed by atoms with Crippen LogP contribution in [-0.2, 0) is 0 Å². The van der Waals surface area contributed by atoms with E-state index in [-0.39, 0.29) is 0 Å². The summed E-state index contributed by atoms with van der Waals surface area (Å²) in [5.41, 5.74) is 9.18. The molecule has 0 radical (unpaired) electrons. The highest BCUT2D eigenvalue weighted by Gasteiger charge is 2.16. The highest BCUT2D eigenvalue weighted by molar-refractivity contribution is 6.16. The molecule has 0 spiro atoms. The Balaban J connectivity index is 1.23. The molecule has 3 heterocycles. The lowest BCUT2D eigenvalue weighted by molar-refractivity contribution is 1.25. The minimum Gasteiger partial charge on any atom is -0.255 e. The Kier molecular flexibility index (Phi) is 6.49. The first kappa shape index (κ1) is 28.3. The Morgan fingerprint density at radius 3 is 1.54 bits per heavy atom. The van der Waals surface area contributed by atoms with Crippen LogP contribution in [0.5, 0.6) is 0 Å². The highest BCUT2D eigenvalue weighted by atomic mass is 14.8. The van der Waals surface area contributed by atoms with Crippen LogP contribution in [0.1, 0.15) is 0 Å². The summed E-state index contributed by atoms with van der Waals surface area (Å²) in [5, 5.41) is 10.9. The number of fused-ring (bicyclic) bond motifs is 7. The highest BCUT2D eigenvalue weighted by Crippen LogP contribution is 2.41. The lowest BCUT2D eigenvalue weighted by atomic mass is 9.90. The number of rotatable bonds is 4. The largest absolute Gasteiger partial charge is 0.255 e. The molecule has 3 aromatic heterocycles. The van der Waals surface area contributed by atoms with Crippen LogP contribution in [0.3, 0.4) is 0 Å². The number of pyridine rings is 3. The molecule has 50 heavy (non-hydrogen) atoms. The Morgan fingerprint density at radius 2 is 0.880 bits per heavy atom. The second-order valence-electron chi connectivity index (χ2n) is 12.8. The molecular weight excluding hydrogens is 607 g/mol. The molecule has 10 aromatic rings. The van der Waals surface area contributed by atoms with Crippen LogP contribution in [0.2, 0.25) is 0 Å². The smallest absolute Gasteiger partial charge is 0.0886 e. The SMILES string of the molecule is c1ccc(-c2ccc(-c3cc(-c4cc5ccccc5c5ccccc45)nc4ccc(-c5cc6ccccc6c6ccccc56)cc34)cn2)nc1. The monoisotopic (exact) mass is 635 g/mol. The maximum atomic E-state index is 5.37. The number of nitrogens with zero attached hydrogens (tertiary/aromatic N) is 3. The third kappa shape index (κ3) is 4.63. The van der Waals surface area contributed by atoms with Gasteiger partial charge in [-0.2, -0.15) is 0 Å². The van der Waals surface area contributed by atoms with E-state index in [0.29, 0.717) is 0 Å². The van der Waals surface area contributed by atoms with Crippen LogP contribution in [0.4, 0.5) is 0 Å². The van der Waals surface area contributed by atoms with Crippen molar-refractivity contribution in [3.8, 4) is 44.9 Å². The number of benzene rings is 7. The number of hydrogen-bond acceptors (Lipinski definition) is 3. The zero-order chi connectivity index (χ0) is 33.0. The van der Waals surface area contributed by atoms with E-state index in [2.05, 4.69) is 151 Å². The van der Waals surface area contributed by atoms with Crippen molar-refractivity contribution >= 4 is 54.0 Å². The molecule has 0 fully saturated rings. The van der Waals surface area contributed by atoms with Gasteiger partial charge in [-0.05, 0) is 108 Å². The predicted molar refractivity (Wildman–Crippen MR) is 209 cm³/mol. The molecule has 0 aliphatic rings. The first-order chi connectivity index (χ1) is 24.8. The fourth-order valence-corrected chi connectivity index (χ4v) is 7.55. The van der Waals surface area contributed by atoms with Crippen LogP contribution in [0.15, 0.2) is 176 Å². The maximum Gasteiger partial charge on any atom is 0.0886 e. The van der Waals surface area contributed by atoms with Crippen LogP contribution in [0.25, 0.3) is 98.9 Å². The van der Waals surface area contributed by atoms with Gasteiger partial charge in [0.1, 0.15) is 0 Å². The van der Waals surface area contributed by atoms with Crippen molar-refractivity contribution in [3.63, 3.8) is 0 Å². The molecule has 0 aliphatic heterocycles. The molecule has 0 N–H and O–H groups in total. The minimum absolute atomic E-state index is 0.844. The molecule has 3 nitrogen and oxygen atoms in total. The summed E-state index contributed by atoms with van der Waals surface area (Å²) in [4.78, 5) is 14.8. The molecule has 0 unspecified atom stereocenters. The van der Waals surface area contributed by atoms with Crippen molar-refractivity contribution in [2.24, 2.45) is 0 Å². The Labute approximate surface area is 289 Å². The lowest BCUT2D eigenvalue weighted by Gasteiger charge is -2.16. The van der Waals surface area contributed by atoms with Crippen molar-refractivity contribution in [1.29, 1.82) is 0 Å². The summed E-state index contributed by atoms with van der Waals surface area (Å²) in [7, 11) is 0. The summed E-state index contributed by atoms with van der Waals surface area (Å²) >= 11 is 0. The standard InChI is InChI=1S/C47H29N3/c1-3-13-34-30(11-1)25-40(38-17-7-5-15-36(34)38)32-20-22-44-43(27-32)41(33-21-23-46(49-29-33)45-19-9-10-24-48-45)28-47(50-44)42-26-31-12-2-4-14-35(31)37-16-6-8-18-39(37)42/h1-29H. The Morgan fingerprint density at radius 1 is 0.320 bits per heavy atom. The zero-order valence-corrected chi connectivity index (χ0v) is 27.1. The third-order valence-electron chi connectivity index (χ3n) is 9.93. The fraction of sp³-hybridized carbons (Fsp3) is 0. The third-order valence-corrected chi connectivity index (χ3v) is 9.93. The van der Waals surface area contributed by atoms with Crippen LogP contribution >= 0.6 is 0 Å². The second-order valence-corrected chi connectivity index (χ2v) is 12.8. The van der Waals surface area contributed by atoms with Gasteiger partial charge in [-0.1, -0.05) is 115 Å². The molecule has 0 bridgehead atoms. The molecule has 10 rings (SSSR count). The number of hydrogen-bond donors (Lipinski definition) is 0. The molecule has 0 atom stereocenters. The average Bonchev–Trinajstić information content (AvgIpc) is 3.20. The predicted octanol–water partition coefficient (Wildman–Crippen LogP) is 12.3. The van der Waals surface area contributed by atoms with Gasteiger partial charge in [-0.25, -0.2) is 4.98 Å². The molecule has 7 aromatic carbocycles. The lowest BCUT2D eigenvalue weighted by Crippen LogP contribution is -1.94. The number of aromatic nitrogens is 3. The second kappa shape index (κ2) is 11.5. The van der Waals surface area contributed by atoms with Gasteiger partial charge in [0.15, 0.2) is 0 Å². The first-order valence-corrected chi connectivity index (χ1v) is 16.9. The molecule has 3 heteroatoms. The molecule has 0 aliphatic carbocycles. The maximum absolute atomic E-state index is 5.37. The molecule has 0 saturated heterocycles. The van der Waals surface area contributed by atoms with E-state index in [1.165, 1.54) is 48.7 Å². The van der Waals surface area contributed by atoms with E-state index >= 15 is 0 Å². The van der Waals surface area contributed by atoms with Gasteiger partial charge >= 0.3 is 0 Å².